The van der Waals surface area contributed by atoms with E-state index in [1.807, 2.05) is 26.0 Å². The van der Waals surface area contributed by atoms with Crippen LogP contribution >= 0.6 is 11.6 Å². The van der Waals surface area contributed by atoms with Crippen LogP contribution in [0.3, 0.4) is 0 Å². The van der Waals surface area contributed by atoms with Crippen molar-refractivity contribution in [1.82, 2.24) is 0 Å². The fraction of sp³-hybridized carbons (Fsp3) is 0.500. The second-order valence-electron chi connectivity index (χ2n) is 3.33. The van der Waals surface area contributed by atoms with Crippen molar-refractivity contribution < 1.29 is 9.47 Å². The summed E-state index contributed by atoms with van der Waals surface area (Å²) in [6.07, 6.45) is 0. The summed E-state index contributed by atoms with van der Waals surface area (Å²) in [5, 5.41) is 0.683. The maximum absolute atomic E-state index is 5.85. The Labute approximate surface area is 101 Å². The van der Waals surface area contributed by atoms with Crippen LogP contribution in [-0.2, 0) is 15.3 Å². The van der Waals surface area contributed by atoms with Crippen molar-refractivity contribution in [3.63, 3.8) is 0 Å². The van der Waals surface area contributed by atoms with Crippen molar-refractivity contribution in [1.29, 1.82) is 0 Å². The lowest BCUT2D eigenvalue weighted by Gasteiger charge is -2.32. The molecule has 0 bridgehead atoms. The molecule has 16 heavy (non-hydrogen) atoms. The maximum atomic E-state index is 5.85. The van der Waals surface area contributed by atoms with Crippen molar-refractivity contribution in [3.05, 3.63) is 34.9 Å². The first-order valence-electron chi connectivity index (χ1n) is 5.42. The summed E-state index contributed by atoms with van der Waals surface area (Å²) in [6, 6.07) is 7.36. The SMILES string of the molecule is CCOC(CN)(OCC)c1ccc(Cl)cc1. The monoisotopic (exact) mass is 243 g/mol. The van der Waals surface area contributed by atoms with E-state index in [4.69, 9.17) is 26.8 Å². The Hall–Kier alpha value is -0.610. The summed E-state index contributed by atoms with van der Waals surface area (Å²) in [5.74, 6) is -0.853. The largest absolute Gasteiger partial charge is 0.345 e. The average Bonchev–Trinajstić information content (AvgIpc) is 2.29. The normalized spacial score (nSPS) is 11.8. The van der Waals surface area contributed by atoms with Crippen LogP contribution in [0.4, 0.5) is 0 Å². The van der Waals surface area contributed by atoms with Crippen LogP contribution in [0.1, 0.15) is 19.4 Å². The van der Waals surface area contributed by atoms with E-state index in [2.05, 4.69) is 0 Å². The first kappa shape index (κ1) is 13.5. The second kappa shape index (κ2) is 6.21. The number of rotatable bonds is 6. The minimum atomic E-state index is -0.853. The van der Waals surface area contributed by atoms with Crippen molar-refractivity contribution >= 4 is 11.6 Å². The zero-order valence-corrected chi connectivity index (χ0v) is 10.5. The lowest BCUT2D eigenvalue weighted by Crippen LogP contribution is -2.40. The van der Waals surface area contributed by atoms with Gasteiger partial charge >= 0.3 is 0 Å². The predicted molar refractivity (Wildman–Crippen MR) is 65.4 cm³/mol. The molecule has 0 atom stereocenters. The first-order valence-corrected chi connectivity index (χ1v) is 5.80. The Morgan fingerprint density at radius 2 is 1.62 bits per heavy atom. The van der Waals surface area contributed by atoms with E-state index in [-0.39, 0.29) is 6.54 Å². The van der Waals surface area contributed by atoms with Gasteiger partial charge in [0.25, 0.3) is 0 Å². The molecule has 1 aromatic rings. The van der Waals surface area contributed by atoms with Gasteiger partial charge in [-0.1, -0.05) is 23.7 Å². The molecule has 2 N–H and O–H groups in total. The van der Waals surface area contributed by atoms with E-state index in [9.17, 15) is 0 Å². The molecule has 0 unspecified atom stereocenters. The molecule has 0 fully saturated rings. The van der Waals surface area contributed by atoms with Gasteiger partial charge < -0.3 is 15.2 Å². The quantitative estimate of drug-likeness (QED) is 0.781. The summed E-state index contributed by atoms with van der Waals surface area (Å²) < 4.78 is 11.3. The second-order valence-corrected chi connectivity index (χ2v) is 3.77. The fourth-order valence-corrected chi connectivity index (χ4v) is 1.74. The molecule has 0 aliphatic carbocycles. The topological polar surface area (TPSA) is 44.5 Å². The van der Waals surface area contributed by atoms with E-state index in [0.717, 1.165) is 5.56 Å². The highest BCUT2D eigenvalue weighted by atomic mass is 35.5. The highest BCUT2D eigenvalue weighted by Crippen LogP contribution is 2.27. The average molecular weight is 244 g/mol. The molecule has 0 spiro atoms. The van der Waals surface area contributed by atoms with Gasteiger partial charge in [0.1, 0.15) is 0 Å². The Morgan fingerprint density at radius 1 is 1.12 bits per heavy atom. The molecule has 1 rings (SSSR count). The summed E-state index contributed by atoms with van der Waals surface area (Å²) in [4.78, 5) is 0. The van der Waals surface area contributed by atoms with Crippen molar-refractivity contribution in [2.45, 2.75) is 19.6 Å². The predicted octanol–water partition coefficient (Wildman–Crippen LogP) is 2.52. The molecule has 90 valence electrons. The fourth-order valence-electron chi connectivity index (χ4n) is 1.61. The van der Waals surface area contributed by atoms with E-state index < -0.39 is 5.79 Å². The van der Waals surface area contributed by atoms with Gasteiger partial charge in [-0.25, -0.2) is 0 Å². The molecule has 0 heterocycles. The minimum Gasteiger partial charge on any atom is -0.345 e. The summed E-state index contributed by atoms with van der Waals surface area (Å²) >= 11 is 5.85. The Bertz CT molecular complexity index is 307. The van der Waals surface area contributed by atoms with Crippen LogP contribution in [0.2, 0.25) is 5.02 Å². The Morgan fingerprint density at radius 3 is 2.00 bits per heavy atom. The molecule has 0 saturated heterocycles. The van der Waals surface area contributed by atoms with Crippen LogP contribution in [-0.4, -0.2) is 19.8 Å². The van der Waals surface area contributed by atoms with Crippen molar-refractivity contribution in [2.24, 2.45) is 5.73 Å². The molecule has 0 amide bonds. The number of halogens is 1. The summed E-state index contributed by atoms with van der Waals surface area (Å²) in [5.41, 5.74) is 6.66. The van der Waals surface area contributed by atoms with Gasteiger partial charge in [0, 0.05) is 23.8 Å². The minimum absolute atomic E-state index is 0.274. The van der Waals surface area contributed by atoms with Crippen LogP contribution in [0.15, 0.2) is 24.3 Å². The smallest absolute Gasteiger partial charge is 0.207 e. The lowest BCUT2D eigenvalue weighted by molar-refractivity contribution is -0.235. The zero-order chi connectivity index (χ0) is 12.0. The number of hydrogen-bond donors (Lipinski definition) is 1. The Kier molecular flexibility index (Phi) is 5.22. The summed E-state index contributed by atoms with van der Waals surface area (Å²) in [6.45, 7) is 5.19. The van der Waals surface area contributed by atoms with E-state index >= 15 is 0 Å². The maximum Gasteiger partial charge on any atom is 0.207 e. The van der Waals surface area contributed by atoms with Crippen LogP contribution in [0, 0.1) is 0 Å². The third kappa shape index (κ3) is 2.95. The summed E-state index contributed by atoms with van der Waals surface area (Å²) in [7, 11) is 0. The van der Waals surface area contributed by atoms with Gasteiger partial charge in [-0.05, 0) is 26.0 Å². The third-order valence-corrected chi connectivity index (χ3v) is 2.56. The number of ether oxygens (including phenoxy) is 2. The van der Waals surface area contributed by atoms with Crippen LogP contribution < -0.4 is 5.73 Å². The standard InChI is InChI=1S/C12H18ClNO2/c1-3-15-12(9-14,16-4-2)10-5-7-11(13)8-6-10/h5-8H,3-4,9,14H2,1-2H3. The molecule has 0 radical (unpaired) electrons. The number of hydrogen-bond acceptors (Lipinski definition) is 3. The highest BCUT2D eigenvalue weighted by molar-refractivity contribution is 6.30. The van der Waals surface area contributed by atoms with E-state index in [0.29, 0.717) is 18.2 Å². The lowest BCUT2D eigenvalue weighted by atomic mass is 10.1. The third-order valence-electron chi connectivity index (χ3n) is 2.31. The molecule has 1 aromatic carbocycles. The molecule has 0 aliphatic rings. The number of benzene rings is 1. The van der Waals surface area contributed by atoms with Gasteiger partial charge in [0.05, 0.1) is 6.54 Å². The van der Waals surface area contributed by atoms with E-state index in [1.54, 1.807) is 12.1 Å². The van der Waals surface area contributed by atoms with Gasteiger partial charge in [-0.2, -0.15) is 0 Å². The van der Waals surface area contributed by atoms with Gasteiger partial charge in [0.2, 0.25) is 5.79 Å². The van der Waals surface area contributed by atoms with Gasteiger partial charge in [-0.3, -0.25) is 0 Å². The zero-order valence-electron chi connectivity index (χ0n) is 9.70. The first-order chi connectivity index (χ1) is 7.68. The van der Waals surface area contributed by atoms with Crippen LogP contribution in [0.5, 0.6) is 0 Å². The van der Waals surface area contributed by atoms with Gasteiger partial charge in [0.15, 0.2) is 0 Å². The molecular formula is C12H18ClNO2. The molecule has 0 aliphatic heterocycles. The van der Waals surface area contributed by atoms with Crippen molar-refractivity contribution in [3.8, 4) is 0 Å². The van der Waals surface area contributed by atoms with E-state index in [1.165, 1.54) is 0 Å². The van der Waals surface area contributed by atoms with Gasteiger partial charge in [-0.15, -0.1) is 0 Å². The number of nitrogens with two attached hydrogens (primary N) is 1. The Balaban J connectivity index is 3.02. The molecule has 0 saturated carbocycles. The molecule has 0 aromatic heterocycles. The molecular weight excluding hydrogens is 226 g/mol. The molecule has 3 nitrogen and oxygen atoms in total. The van der Waals surface area contributed by atoms with Crippen molar-refractivity contribution in [2.75, 3.05) is 19.8 Å². The highest BCUT2D eigenvalue weighted by Gasteiger charge is 2.32. The van der Waals surface area contributed by atoms with Crippen LogP contribution in [0.25, 0.3) is 0 Å². The molecule has 4 heteroatoms.